The molecular formula is C13H13FO2. The number of hydrogen-bond acceptors (Lipinski definition) is 2. The van der Waals surface area contributed by atoms with Gasteiger partial charge in [0, 0.05) is 5.92 Å². The van der Waals surface area contributed by atoms with Gasteiger partial charge in [0.05, 0.1) is 12.5 Å². The summed E-state index contributed by atoms with van der Waals surface area (Å²) in [4.78, 5) is 11.7. The quantitative estimate of drug-likeness (QED) is 0.827. The van der Waals surface area contributed by atoms with E-state index in [0.29, 0.717) is 0 Å². The molecule has 2 unspecified atom stereocenters. The second-order valence-electron chi connectivity index (χ2n) is 4.09. The Labute approximate surface area is 93.4 Å². The van der Waals surface area contributed by atoms with Gasteiger partial charge >= 0.3 is 0 Å². The van der Waals surface area contributed by atoms with E-state index in [2.05, 4.69) is 0 Å². The van der Waals surface area contributed by atoms with Crippen LogP contribution in [0.15, 0.2) is 30.4 Å². The van der Waals surface area contributed by atoms with Crippen molar-refractivity contribution < 1.29 is 14.3 Å². The van der Waals surface area contributed by atoms with Crippen molar-refractivity contribution in [1.82, 2.24) is 0 Å². The summed E-state index contributed by atoms with van der Waals surface area (Å²) in [5.74, 6) is -0.865. The minimum atomic E-state index is -0.356. The molecule has 0 aromatic heterocycles. The average molecular weight is 220 g/mol. The summed E-state index contributed by atoms with van der Waals surface area (Å²) in [5, 5.41) is 9.18. The van der Waals surface area contributed by atoms with Crippen LogP contribution in [0.3, 0.4) is 0 Å². The maximum atomic E-state index is 13.0. The molecule has 1 aromatic carbocycles. The molecular weight excluding hydrogens is 207 g/mol. The van der Waals surface area contributed by atoms with Crippen molar-refractivity contribution in [3.63, 3.8) is 0 Å². The number of rotatable bonds is 2. The van der Waals surface area contributed by atoms with Gasteiger partial charge in [-0.2, -0.15) is 0 Å². The Morgan fingerprint density at radius 3 is 2.81 bits per heavy atom. The molecule has 2 nitrogen and oxygen atoms in total. The van der Waals surface area contributed by atoms with Crippen molar-refractivity contribution in [2.45, 2.75) is 12.8 Å². The monoisotopic (exact) mass is 220 g/mol. The molecule has 0 fully saturated rings. The van der Waals surface area contributed by atoms with Crippen LogP contribution in [0.2, 0.25) is 0 Å². The third kappa shape index (κ3) is 1.78. The van der Waals surface area contributed by atoms with Gasteiger partial charge in [0.15, 0.2) is 5.78 Å². The molecule has 2 rings (SSSR count). The van der Waals surface area contributed by atoms with Gasteiger partial charge in [0.25, 0.3) is 0 Å². The van der Waals surface area contributed by atoms with Crippen molar-refractivity contribution >= 4 is 5.78 Å². The molecule has 0 bridgehead atoms. The third-order valence-corrected chi connectivity index (χ3v) is 3.02. The Hall–Kier alpha value is -1.48. The number of aliphatic hydroxyl groups excluding tert-OH is 1. The fourth-order valence-corrected chi connectivity index (χ4v) is 2.18. The largest absolute Gasteiger partial charge is 0.396 e. The summed E-state index contributed by atoms with van der Waals surface area (Å²) in [6.45, 7) is 1.71. The number of aliphatic hydroxyl groups is 1. The molecule has 1 aromatic rings. The predicted octanol–water partition coefficient (Wildman–Crippen LogP) is 1.97. The highest BCUT2D eigenvalue weighted by molar-refractivity contribution is 5.98. The van der Waals surface area contributed by atoms with Gasteiger partial charge in [0.1, 0.15) is 5.82 Å². The van der Waals surface area contributed by atoms with Gasteiger partial charge in [-0.1, -0.05) is 12.1 Å². The van der Waals surface area contributed by atoms with Crippen LogP contribution >= 0.6 is 0 Å². The highest BCUT2D eigenvalue weighted by Crippen LogP contribution is 2.33. The molecule has 2 atom stereocenters. The number of hydrogen-bond donors (Lipinski definition) is 1. The zero-order valence-electron chi connectivity index (χ0n) is 8.98. The zero-order chi connectivity index (χ0) is 11.7. The molecule has 1 aliphatic rings. The average Bonchev–Trinajstić information content (AvgIpc) is 2.60. The molecule has 0 heterocycles. The van der Waals surface area contributed by atoms with E-state index in [1.165, 1.54) is 18.2 Å². The Kier molecular flexibility index (Phi) is 2.88. The number of carbonyl (C=O) groups is 1. The summed E-state index contributed by atoms with van der Waals surface area (Å²) < 4.78 is 13.0. The smallest absolute Gasteiger partial charge is 0.163 e. The van der Waals surface area contributed by atoms with Crippen molar-refractivity contribution in [3.8, 4) is 0 Å². The van der Waals surface area contributed by atoms with Crippen LogP contribution < -0.4 is 0 Å². The highest BCUT2D eigenvalue weighted by atomic mass is 19.1. The van der Waals surface area contributed by atoms with E-state index in [1.54, 1.807) is 19.1 Å². The molecule has 0 amide bonds. The Morgan fingerprint density at radius 2 is 2.19 bits per heavy atom. The Morgan fingerprint density at radius 1 is 1.44 bits per heavy atom. The summed E-state index contributed by atoms with van der Waals surface area (Å²) in [5.41, 5.74) is 1.55. The predicted molar refractivity (Wildman–Crippen MR) is 58.6 cm³/mol. The van der Waals surface area contributed by atoms with Crippen molar-refractivity contribution in [1.29, 1.82) is 0 Å². The lowest BCUT2D eigenvalue weighted by atomic mass is 9.85. The molecule has 0 spiro atoms. The van der Waals surface area contributed by atoms with Gasteiger partial charge in [-0.3, -0.25) is 4.79 Å². The van der Waals surface area contributed by atoms with Crippen LogP contribution in [-0.2, 0) is 4.79 Å². The van der Waals surface area contributed by atoms with Gasteiger partial charge in [-0.05, 0) is 36.3 Å². The Bertz CT molecular complexity index is 451. The summed E-state index contributed by atoms with van der Waals surface area (Å²) in [6, 6.07) is 4.39. The number of allylic oxidation sites excluding steroid dienone is 1. The fraction of sp³-hybridized carbons (Fsp3) is 0.308. The first-order valence-corrected chi connectivity index (χ1v) is 5.22. The molecule has 84 valence electrons. The lowest BCUT2D eigenvalue weighted by Gasteiger charge is -2.18. The number of carbonyl (C=O) groups excluding carboxylic acids is 1. The van der Waals surface area contributed by atoms with Crippen LogP contribution in [0.1, 0.15) is 17.0 Å². The maximum absolute atomic E-state index is 13.0. The molecule has 0 saturated carbocycles. The van der Waals surface area contributed by atoms with E-state index in [1.807, 2.05) is 0 Å². The summed E-state index contributed by atoms with van der Waals surface area (Å²) in [6.07, 6.45) is 3.21. The van der Waals surface area contributed by atoms with E-state index in [9.17, 15) is 14.3 Å². The second-order valence-corrected chi connectivity index (χ2v) is 4.09. The van der Waals surface area contributed by atoms with Crippen LogP contribution in [0.5, 0.6) is 0 Å². The van der Waals surface area contributed by atoms with Crippen LogP contribution in [0, 0.1) is 18.7 Å². The highest BCUT2D eigenvalue weighted by Gasteiger charge is 2.31. The van der Waals surface area contributed by atoms with E-state index >= 15 is 0 Å². The standard InChI is InChI=1S/C13H13FO2/c1-8-6-10(14)3-4-11(8)13-9(7-15)2-5-12(13)16/h2-6,9,13,15H,7H2,1H3. The van der Waals surface area contributed by atoms with E-state index in [0.717, 1.165) is 11.1 Å². The number of benzene rings is 1. The molecule has 1 N–H and O–H groups in total. The zero-order valence-corrected chi connectivity index (χ0v) is 8.98. The van der Waals surface area contributed by atoms with Gasteiger partial charge in [-0.15, -0.1) is 0 Å². The molecule has 0 aliphatic heterocycles. The molecule has 0 saturated heterocycles. The number of ketones is 1. The van der Waals surface area contributed by atoms with Crippen LogP contribution in [0.25, 0.3) is 0 Å². The van der Waals surface area contributed by atoms with Crippen LogP contribution in [0.4, 0.5) is 4.39 Å². The second kappa shape index (κ2) is 4.18. The van der Waals surface area contributed by atoms with E-state index in [-0.39, 0.29) is 30.0 Å². The molecule has 1 aliphatic carbocycles. The molecule has 0 radical (unpaired) electrons. The normalized spacial score (nSPS) is 24.1. The first-order chi connectivity index (χ1) is 7.63. The maximum Gasteiger partial charge on any atom is 0.163 e. The van der Waals surface area contributed by atoms with Gasteiger partial charge < -0.3 is 5.11 Å². The van der Waals surface area contributed by atoms with Crippen LogP contribution in [-0.4, -0.2) is 17.5 Å². The van der Waals surface area contributed by atoms with Crippen molar-refractivity contribution in [3.05, 3.63) is 47.3 Å². The first-order valence-electron chi connectivity index (χ1n) is 5.22. The molecule has 3 heteroatoms. The first kappa shape index (κ1) is 11.0. The number of aryl methyl sites for hydroxylation is 1. The third-order valence-electron chi connectivity index (χ3n) is 3.02. The number of halogens is 1. The summed E-state index contributed by atoms with van der Waals surface area (Å²) >= 11 is 0. The lowest BCUT2D eigenvalue weighted by Crippen LogP contribution is -2.17. The topological polar surface area (TPSA) is 37.3 Å². The minimum Gasteiger partial charge on any atom is -0.396 e. The lowest BCUT2D eigenvalue weighted by molar-refractivity contribution is -0.116. The van der Waals surface area contributed by atoms with Crippen molar-refractivity contribution in [2.24, 2.45) is 5.92 Å². The van der Waals surface area contributed by atoms with E-state index in [4.69, 9.17) is 0 Å². The fourth-order valence-electron chi connectivity index (χ4n) is 2.18. The minimum absolute atomic E-state index is 0.0197. The summed E-state index contributed by atoms with van der Waals surface area (Å²) in [7, 11) is 0. The molecule has 16 heavy (non-hydrogen) atoms. The van der Waals surface area contributed by atoms with E-state index < -0.39 is 0 Å². The van der Waals surface area contributed by atoms with Gasteiger partial charge in [0.2, 0.25) is 0 Å². The SMILES string of the molecule is Cc1cc(F)ccc1C1C(=O)C=CC1CO. The van der Waals surface area contributed by atoms with Gasteiger partial charge in [-0.25, -0.2) is 4.39 Å². The van der Waals surface area contributed by atoms with Crippen molar-refractivity contribution in [2.75, 3.05) is 6.61 Å². The Balaban J connectivity index is 2.40.